The molecule has 1 aliphatic rings. The van der Waals surface area contributed by atoms with Crippen LogP contribution in [0, 0.1) is 12.8 Å². The summed E-state index contributed by atoms with van der Waals surface area (Å²) in [4.78, 5) is 30.7. The lowest BCUT2D eigenvalue weighted by atomic mass is 10.1. The lowest BCUT2D eigenvalue weighted by Crippen LogP contribution is -2.28. The van der Waals surface area contributed by atoms with Crippen molar-refractivity contribution in [2.45, 2.75) is 19.7 Å². The number of ether oxygens (including phenoxy) is 1. The number of hydrogen-bond acceptors (Lipinski definition) is 5. The van der Waals surface area contributed by atoms with E-state index in [0.29, 0.717) is 22.7 Å². The van der Waals surface area contributed by atoms with Gasteiger partial charge in [0.15, 0.2) is 11.5 Å². The Morgan fingerprint density at radius 1 is 1.27 bits per heavy atom. The molecular weight excluding hydrogens is 403 g/mol. The number of carbonyl (C=O) groups is 2. The number of alkyl halides is 3. The quantitative estimate of drug-likeness (QED) is 0.690. The molecule has 1 fully saturated rings. The Bertz CT molecular complexity index is 1130. The number of amides is 2. The van der Waals surface area contributed by atoms with Crippen LogP contribution in [0.1, 0.15) is 12.3 Å². The third kappa shape index (κ3) is 4.22. The molecule has 30 heavy (non-hydrogen) atoms. The molecule has 0 radical (unpaired) electrons. The van der Waals surface area contributed by atoms with Gasteiger partial charge < -0.3 is 19.4 Å². The Morgan fingerprint density at radius 3 is 2.83 bits per heavy atom. The number of rotatable bonds is 4. The van der Waals surface area contributed by atoms with Gasteiger partial charge in [-0.3, -0.25) is 9.59 Å². The van der Waals surface area contributed by atoms with Crippen LogP contribution < -0.4 is 15.0 Å². The summed E-state index contributed by atoms with van der Waals surface area (Å²) in [6.07, 6.45) is -4.84. The number of anilines is 2. The van der Waals surface area contributed by atoms with E-state index in [1.807, 2.05) is 0 Å². The maximum Gasteiger partial charge on any atom is 0.573 e. The molecule has 0 aliphatic carbocycles. The van der Waals surface area contributed by atoms with Gasteiger partial charge in [-0.25, -0.2) is 4.98 Å². The highest BCUT2D eigenvalue weighted by Crippen LogP contribution is 2.30. The second-order valence-corrected chi connectivity index (χ2v) is 6.86. The number of aryl methyl sites for hydroxylation is 1. The molecule has 2 aromatic carbocycles. The first kappa shape index (κ1) is 19.7. The fourth-order valence-electron chi connectivity index (χ4n) is 3.35. The van der Waals surface area contributed by atoms with Crippen LogP contribution in [0.3, 0.4) is 0 Å². The van der Waals surface area contributed by atoms with Crippen molar-refractivity contribution in [3.63, 3.8) is 0 Å². The summed E-state index contributed by atoms with van der Waals surface area (Å²) in [5, 5.41) is 2.54. The van der Waals surface area contributed by atoms with E-state index in [4.69, 9.17) is 4.42 Å². The summed E-state index contributed by atoms with van der Waals surface area (Å²) in [5.41, 5.74) is 1.94. The van der Waals surface area contributed by atoms with Gasteiger partial charge in [-0.05, 0) is 30.3 Å². The summed E-state index contributed by atoms with van der Waals surface area (Å²) < 4.78 is 46.4. The van der Waals surface area contributed by atoms with Gasteiger partial charge in [0.2, 0.25) is 11.8 Å². The van der Waals surface area contributed by atoms with Crippen LogP contribution in [0.15, 0.2) is 46.9 Å². The van der Waals surface area contributed by atoms with E-state index in [0.717, 1.165) is 12.1 Å². The standard InChI is InChI=1S/C20H16F3N3O4/c1-11-24-16-9-14(5-6-17(16)29-11)26-10-12(7-18(26)27)19(28)25-13-3-2-4-15(8-13)30-20(21,22)23/h2-6,8-9,12H,7,10H2,1H3,(H,25,28)/t12-/m1/s1. The number of aromatic nitrogens is 1. The molecule has 1 aliphatic heterocycles. The molecule has 1 saturated heterocycles. The molecule has 0 saturated carbocycles. The third-order valence-corrected chi connectivity index (χ3v) is 4.62. The molecular formula is C20H16F3N3O4. The van der Waals surface area contributed by atoms with E-state index in [-0.39, 0.29) is 24.6 Å². The van der Waals surface area contributed by atoms with Crippen LogP contribution in [0.4, 0.5) is 24.5 Å². The molecule has 156 valence electrons. The number of benzene rings is 2. The minimum Gasteiger partial charge on any atom is -0.441 e. The largest absolute Gasteiger partial charge is 0.573 e. The molecule has 7 nitrogen and oxygen atoms in total. The van der Waals surface area contributed by atoms with Crippen LogP contribution in [0.25, 0.3) is 11.1 Å². The van der Waals surface area contributed by atoms with E-state index in [1.165, 1.54) is 17.0 Å². The maximum atomic E-state index is 12.6. The van der Waals surface area contributed by atoms with Gasteiger partial charge in [0.1, 0.15) is 11.3 Å². The number of hydrogen-bond donors (Lipinski definition) is 1. The van der Waals surface area contributed by atoms with Crippen molar-refractivity contribution >= 4 is 34.3 Å². The van der Waals surface area contributed by atoms with Crippen molar-refractivity contribution in [1.82, 2.24) is 4.98 Å². The smallest absolute Gasteiger partial charge is 0.441 e. The average Bonchev–Trinajstić information content (AvgIpc) is 3.21. The van der Waals surface area contributed by atoms with Crippen molar-refractivity contribution < 1.29 is 31.9 Å². The van der Waals surface area contributed by atoms with Crippen molar-refractivity contribution in [2.75, 3.05) is 16.8 Å². The van der Waals surface area contributed by atoms with Crippen LogP contribution in [0.5, 0.6) is 5.75 Å². The molecule has 1 N–H and O–H groups in total. The first-order valence-corrected chi connectivity index (χ1v) is 9.02. The number of oxazole rings is 1. The predicted octanol–water partition coefficient (Wildman–Crippen LogP) is 4.03. The highest BCUT2D eigenvalue weighted by molar-refractivity contribution is 6.04. The minimum atomic E-state index is -4.83. The van der Waals surface area contributed by atoms with Crippen LogP contribution >= 0.6 is 0 Å². The molecule has 10 heteroatoms. The highest BCUT2D eigenvalue weighted by atomic mass is 19.4. The van der Waals surface area contributed by atoms with Gasteiger partial charge >= 0.3 is 6.36 Å². The summed E-state index contributed by atoms with van der Waals surface area (Å²) in [6.45, 7) is 1.86. The van der Waals surface area contributed by atoms with Gasteiger partial charge in [-0.1, -0.05) is 6.07 Å². The monoisotopic (exact) mass is 419 g/mol. The summed E-state index contributed by atoms with van der Waals surface area (Å²) in [5.74, 6) is -1.29. The Hall–Kier alpha value is -3.56. The Labute approximate surface area is 168 Å². The second-order valence-electron chi connectivity index (χ2n) is 6.86. The Morgan fingerprint density at radius 2 is 2.07 bits per heavy atom. The fraction of sp³-hybridized carbons (Fsp3) is 0.250. The van der Waals surface area contributed by atoms with Crippen LogP contribution in [0.2, 0.25) is 0 Å². The van der Waals surface area contributed by atoms with Crippen LogP contribution in [-0.4, -0.2) is 29.7 Å². The lowest BCUT2D eigenvalue weighted by molar-refractivity contribution is -0.274. The molecule has 2 amide bonds. The highest BCUT2D eigenvalue weighted by Gasteiger charge is 2.35. The van der Waals surface area contributed by atoms with Crippen molar-refractivity contribution in [2.24, 2.45) is 5.92 Å². The lowest BCUT2D eigenvalue weighted by Gasteiger charge is -2.17. The van der Waals surface area contributed by atoms with E-state index in [1.54, 1.807) is 25.1 Å². The third-order valence-electron chi connectivity index (χ3n) is 4.62. The summed E-state index contributed by atoms with van der Waals surface area (Å²) in [7, 11) is 0. The number of nitrogens with one attached hydrogen (secondary N) is 1. The van der Waals surface area contributed by atoms with Gasteiger partial charge in [0.25, 0.3) is 0 Å². The molecule has 4 rings (SSSR count). The number of nitrogens with zero attached hydrogens (tertiary/aromatic N) is 2. The maximum absolute atomic E-state index is 12.6. The SMILES string of the molecule is Cc1nc2cc(N3C[C@H](C(=O)Nc4cccc(OC(F)(F)F)c4)CC3=O)ccc2o1. The molecule has 1 aromatic heterocycles. The molecule has 1 atom stereocenters. The number of halogens is 3. The molecule has 0 unspecified atom stereocenters. The Kier molecular flexibility index (Phi) is 4.84. The molecule has 2 heterocycles. The first-order chi connectivity index (χ1) is 14.2. The zero-order valence-electron chi connectivity index (χ0n) is 15.7. The molecule has 0 bridgehead atoms. The normalized spacial score (nSPS) is 16.9. The average molecular weight is 419 g/mol. The van der Waals surface area contributed by atoms with Gasteiger partial charge in [-0.2, -0.15) is 0 Å². The molecule has 0 spiro atoms. The second kappa shape index (κ2) is 7.36. The van der Waals surface area contributed by atoms with Crippen molar-refractivity contribution in [3.05, 3.63) is 48.4 Å². The van der Waals surface area contributed by atoms with Gasteiger partial charge in [0, 0.05) is 37.3 Å². The minimum absolute atomic E-state index is 0.0134. The Balaban J connectivity index is 1.45. The predicted molar refractivity (Wildman–Crippen MR) is 101 cm³/mol. The topological polar surface area (TPSA) is 84.7 Å². The molecule has 3 aromatic rings. The zero-order chi connectivity index (χ0) is 21.5. The first-order valence-electron chi connectivity index (χ1n) is 9.02. The van der Waals surface area contributed by atoms with Gasteiger partial charge in [-0.15, -0.1) is 13.2 Å². The summed E-state index contributed by atoms with van der Waals surface area (Å²) in [6, 6.07) is 10.1. The number of carbonyl (C=O) groups excluding carboxylic acids is 2. The fourth-order valence-corrected chi connectivity index (χ4v) is 3.35. The van der Waals surface area contributed by atoms with E-state index in [2.05, 4.69) is 15.0 Å². The number of fused-ring (bicyclic) bond motifs is 1. The van der Waals surface area contributed by atoms with E-state index in [9.17, 15) is 22.8 Å². The van der Waals surface area contributed by atoms with E-state index >= 15 is 0 Å². The summed E-state index contributed by atoms with van der Waals surface area (Å²) >= 11 is 0. The van der Waals surface area contributed by atoms with Crippen molar-refractivity contribution in [1.29, 1.82) is 0 Å². The van der Waals surface area contributed by atoms with Crippen molar-refractivity contribution in [3.8, 4) is 5.75 Å². The van der Waals surface area contributed by atoms with Gasteiger partial charge in [0.05, 0.1) is 5.92 Å². The van der Waals surface area contributed by atoms with Crippen LogP contribution in [-0.2, 0) is 9.59 Å². The zero-order valence-corrected chi connectivity index (χ0v) is 15.7. The van der Waals surface area contributed by atoms with E-state index < -0.39 is 23.9 Å².